The molecule has 174 valence electrons. The van der Waals surface area contributed by atoms with Crippen LogP contribution >= 0.6 is 23.1 Å². The molecule has 3 aromatic carbocycles. The first-order valence-electron chi connectivity index (χ1n) is 10.6. The van der Waals surface area contributed by atoms with Crippen molar-refractivity contribution in [2.24, 2.45) is 0 Å². The third-order valence-electron chi connectivity index (χ3n) is 4.75. The highest BCUT2D eigenvalue weighted by atomic mass is 32.2. The van der Waals surface area contributed by atoms with Gasteiger partial charge in [0.2, 0.25) is 11.0 Å². The largest absolute Gasteiger partial charge is 0.497 e. The molecule has 0 aliphatic carbocycles. The van der Waals surface area contributed by atoms with Crippen LogP contribution in [0.25, 0.3) is 0 Å². The van der Waals surface area contributed by atoms with Crippen LogP contribution in [0.5, 0.6) is 11.5 Å². The first-order valence-corrected chi connectivity index (χ1v) is 12.3. The van der Waals surface area contributed by atoms with Gasteiger partial charge >= 0.3 is 0 Å². The van der Waals surface area contributed by atoms with E-state index in [1.165, 1.54) is 23.1 Å². The molecule has 4 rings (SSSR count). The molecule has 0 fully saturated rings. The number of rotatable bonds is 10. The number of anilines is 3. The van der Waals surface area contributed by atoms with Gasteiger partial charge in [-0.3, -0.25) is 4.79 Å². The zero-order chi connectivity index (χ0) is 23.8. The molecule has 0 bridgehead atoms. The van der Waals surface area contributed by atoms with Crippen molar-refractivity contribution in [1.82, 2.24) is 10.2 Å². The van der Waals surface area contributed by atoms with Crippen LogP contribution < -0.4 is 20.1 Å². The van der Waals surface area contributed by atoms with Crippen molar-refractivity contribution in [2.75, 3.05) is 24.4 Å². The second kappa shape index (κ2) is 11.5. The van der Waals surface area contributed by atoms with Crippen molar-refractivity contribution >= 4 is 45.5 Å². The summed E-state index contributed by atoms with van der Waals surface area (Å²) < 4.78 is 11.5. The zero-order valence-electron chi connectivity index (χ0n) is 18.7. The summed E-state index contributed by atoms with van der Waals surface area (Å²) in [5.74, 6) is 1.25. The molecule has 4 aromatic rings. The molecule has 9 heteroatoms. The minimum Gasteiger partial charge on any atom is -0.497 e. The molecule has 1 unspecified atom stereocenters. The Morgan fingerprint density at radius 3 is 2.47 bits per heavy atom. The van der Waals surface area contributed by atoms with Crippen molar-refractivity contribution in [3.05, 3.63) is 84.4 Å². The number of carbonyl (C=O) groups is 1. The van der Waals surface area contributed by atoms with Crippen LogP contribution in [0.1, 0.15) is 17.7 Å². The molecule has 1 atom stereocenters. The highest BCUT2D eigenvalue weighted by Crippen LogP contribution is 2.39. The first-order chi connectivity index (χ1) is 16.7. The van der Waals surface area contributed by atoms with Gasteiger partial charge in [0.25, 0.3) is 0 Å². The molecule has 1 heterocycles. The van der Waals surface area contributed by atoms with Crippen LogP contribution in [0.3, 0.4) is 0 Å². The van der Waals surface area contributed by atoms with Gasteiger partial charge in [0, 0.05) is 5.69 Å². The van der Waals surface area contributed by atoms with Crippen molar-refractivity contribution in [2.45, 2.75) is 16.5 Å². The van der Waals surface area contributed by atoms with Crippen molar-refractivity contribution in [1.29, 1.82) is 0 Å². The molecule has 0 saturated carbocycles. The van der Waals surface area contributed by atoms with E-state index in [1.807, 2.05) is 85.8 Å². The molecular formula is C25H24N4O3S2. The normalized spacial score (nSPS) is 11.5. The average molecular weight is 493 g/mol. The van der Waals surface area contributed by atoms with Gasteiger partial charge in [-0.1, -0.05) is 65.6 Å². The van der Waals surface area contributed by atoms with Gasteiger partial charge in [-0.2, -0.15) is 0 Å². The van der Waals surface area contributed by atoms with Gasteiger partial charge in [-0.05, 0) is 48.9 Å². The first kappa shape index (κ1) is 23.6. The number of thioether (sulfide) groups is 1. The Balaban J connectivity index is 1.51. The highest BCUT2D eigenvalue weighted by molar-refractivity contribution is 8.02. The maximum absolute atomic E-state index is 13.4. The van der Waals surface area contributed by atoms with E-state index >= 15 is 0 Å². The molecule has 0 radical (unpaired) electrons. The predicted octanol–water partition coefficient (Wildman–Crippen LogP) is 6.16. The van der Waals surface area contributed by atoms with Crippen LogP contribution in [-0.4, -0.2) is 29.8 Å². The third kappa shape index (κ3) is 6.06. The molecule has 34 heavy (non-hydrogen) atoms. The van der Waals surface area contributed by atoms with Gasteiger partial charge in [-0.25, -0.2) is 0 Å². The quantitative estimate of drug-likeness (QED) is 0.256. The molecular weight excluding hydrogens is 468 g/mol. The smallest absolute Gasteiger partial charge is 0.242 e. The van der Waals surface area contributed by atoms with E-state index in [2.05, 4.69) is 20.8 Å². The summed E-state index contributed by atoms with van der Waals surface area (Å²) in [6, 6.07) is 24.6. The summed E-state index contributed by atoms with van der Waals surface area (Å²) in [5.41, 5.74) is 2.38. The van der Waals surface area contributed by atoms with Crippen LogP contribution in [0.2, 0.25) is 0 Å². The van der Waals surface area contributed by atoms with Crippen LogP contribution in [0.4, 0.5) is 16.5 Å². The van der Waals surface area contributed by atoms with Gasteiger partial charge in [0.05, 0.1) is 19.4 Å². The number of aromatic nitrogens is 2. The highest BCUT2D eigenvalue weighted by Gasteiger charge is 2.25. The molecule has 2 N–H and O–H groups in total. The number of methoxy groups -OCH3 is 1. The van der Waals surface area contributed by atoms with Gasteiger partial charge < -0.3 is 20.1 Å². The predicted molar refractivity (Wildman–Crippen MR) is 137 cm³/mol. The van der Waals surface area contributed by atoms with Gasteiger partial charge in [-0.15, -0.1) is 10.2 Å². The maximum Gasteiger partial charge on any atom is 0.242 e. The lowest BCUT2D eigenvalue weighted by Crippen LogP contribution is -2.19. The lowest BCUT2D eigenvalue weighted by molar-refractivity contribution is -0.115. The minimum atomic E-state index is -0.516. The number of ether oxygens (including phenoxy) is 2. The van der Waals surface area contributed by atoms with E-state index < -0.39 is 5.25 Å². The molecule has 1 aromatic heterocycles. The summed E-state index contributed by atoms with van der Waals surface area (Å²) in [5, 5.41) is 14.9. The van der Waals surface area contributed by atoms with Crippen molar-refractivity contribution in [3.63, 3.8) is 0 Å². The Labute approximate surface area is 206 Å². The number of nitrogens with one attached hydrogen (secondary N) is 2. The standard InChI is InChI=1S/C25H24N4O3S2/c1-3-32-21-12-8-7-11-20(21)27-23(30)22(17-9-5-4-6-10-17)33-25-29-28-24(34-25)26-18-13-15-19(31-2)16-14-18/h4-16,22H,3H2,1-2H3,(H,26,28)(H,27,30). The number of amides is 1. The van der Waals surface area contributed by atoms with E-state index in [1.54, 1.807) is 7.11 Å². The molecule has 7 nitrogen and oxygen atoms in total. The summed E-state index contributed by atoms with van der Waals surface area (Å²) in [4.78, 5) is 13.4. The average Bonchev–Trinajstić information content (AvgIpc) is 3.31. The topological polar surface area (TPSA) is 85.4 Å². The van der Waals surface area contributed by atoms with E-state index in [0.29, 0.717) is 27.5 Å². The Hall–Kier alpha value is -3.56. The molecule has 0 aliphatic heterocycles. The number of hydrogen-bond acceptors (Lipinski definition) is 8. The lowest BCUT2D eigenvalue weighted by atomic mass is 10.1. The van der Waals surface area contributed by atoms with Crippen molar-refractivity contribution in [3.8, 4) is 11.5 Å². The summed E-state index contributed by atoms with van der Waals surface area (Å²) in [6.07, 6.45) is 0. The monoisotopic (exact) mass is 492 g/mol. The Bertz CT molecular complexity index is 1220. The van der Waals surface area contributed by atoms with Gasteiger partial charge in [0.15, 0.2) is 4.34 Å². The number of hydrogen-bond donors (Lipinski definition) is 2. The van der Waals surface area contributed by atoms with E-state index in [4.69, 9.17) is 9.47 Å². The zero-order valence-corrected chi connectivity index (χ0v) is 20.4. The van der Waals surface area contributed by atoms with E-state index in [-0.39, 0.29) is 5.91 Å². The fraction of sp³-hybridized carbons (Fsp3) is 0.160. The molecule has 1 amide bonds. The number of benzene rings is 3. The van der Waals surface area contributed by atoms with Crippen LogP contribution in [-0.2, 0) is 4.79 Å². The summed E-state index contributed by atoms with van der Waals surface area (Å²) >= 11 is 2.75. The Morgan fingerprint density at radius 1 is 1.00 bits per heavy atom. The molecule has 0 aliphatic rings. The van der Waals surface area contributed by atoms with E-state index in [0.717, 1.165) is 17.0 Å². The Kier molecular flexibility index (Phi) is 8.00. The summed E-state index contributed by atoms with van der Waals surface area (Å²) in [6.45, 7) is 2.42. The SMILES string of the molecule is CCOc1ccccc1NC(=O)C(Sc1nnc(Nc2ccc(OC)cc2)s1)c1ccccc1. The van der Waals surface area contributed by atoms with Crippen molar-refractivity contribution < 1.29 is 14.3 Å². The fourth-order valence-corrected chi connectivity index (χ4v) is 5.12. The molecule has 0 saturated heterocycles. The Morgan fingerprint density at radius 2 is 1.74 bits per heavy atom. The number of carbonyl (C=O) groups excluding carboxylic acids is 1. The van der Waals surface area contributed by atoms with E-state index in [9.17, 15) is 4.79 Å². The number of nitrogens with zero attached hydrogens (tertiary/aromatic N) is 2. The lowest BCUT2D eigenvalue weighted by Gasteiger charge is -2.17. The fourth-order valence-electron chi connectivity index (χ4n) is 3.16. The number of para-hydroxylation sites is 2. The minimum absolute atomic E-state index is 0.164. The van der Waals surface area contributed by atoms with Gasteiger partial charge in [0.1, 0.15) is 16.7 Å². The third-order valence-corrected chi connectivity index (χ3v) is 6.93. The summed E-state index contributed by atoms with van der Waals surface area (Å²) in [7, 11) is 1.63. The van der Waals surface area contributed by atoms with Crippen LogP contribution in [0, 0.1) is 0 Å². The second-order valence-electron chi connectivity index (χ2n) is 7.05. The van der Waals surface area contributed by atoms with Crippen LogP contribution in [0.15, 0.2) is 83.2 Å². The molecule has 0 spiro atoms. The second-order valence-corrected chi connectivity index (χ2v) is 9.38. The maximum atomic E-state index is 13.4.